The Morgan fingerprint density at radius 3 is 2.52 bits per heavy atom. The van der Waals surface area contributed by atoms with Gasteiger partial charge < -0.3 is 19.5 Å². The molecule has 2 aromatic heterocycles. The van der Waals surface area contributed by atoms with Crippen LogP contribution in [0.3, 0.4) is 0 Å². The Morgan fingerprint density at radius 2 is 1.82 bits per heavy atom. The summed E-state index contributed by atoms with van der Waals surface area (Å²) in [4.78, 5) is 29.1. The van der Waals surface area contributed by atoms with Gasteiger partial charge in [0.1, 0.15) is 6.61 Å². The molecular formula is C23H29N5O5. The number of benzene rings is 1. The van der Waals surface area contributed by atoms with Gasteiger partial charge in [-0.2, -0.15) is 0 Å². The van der Waals surface area contributed by atoms with Crippen molar-refractivity contribution in [2.24, 2.45) is 7.05 Å². The molecule has 0 saturated heterocycles. The number of anilines is 2. The van der Waals surface area contributed by atoms with Crippen LogP contribution in [0, 0.1) is 13.8 Å². The molecule has 0 atom stereocenters. The second-order valence-electron chi connectivity index (χ2n) is 7.51. The topological polar surface area (TPSA) is 117 Å². The van der Waals surface area contributed by atoms with Gasteiger partial charge in [0.15, 0.2) is 5.65 Å². The van der Waals surface area contributed by atoms with E-state index < -0.39 is 6.09 Å². The van der Waals surface area contributed by atoms with E-state index in [1.54, 1.807) is 36.1 Å². The van der Waals surface area contributed by atoms with Crippen LogP contribution in [-0.4, -0.2) is 54.2 Å². The Labute approximate surface area is 192 Å². The summed E-state index contributed by atoms with van der Waals surface area (Å²) in [7, 11) is 4.93. The van der Waals surface area contributed by atoms with Crippen molar-refractivity contribution >= 4 is 34.4 Å². The highest BCUT2D eigenvalue weighted by atomic mass is 16.6. The van der Waals surface area contributed by atoms with E-state index >= 15 is 0 Å². The van der Waals surface area contributed by atoms with Crippen LogP contribution < -0.4 is 15.4 Å². The first-order valence-corrected chi connectivity index (χ1v) is 10.5. The van der Waals surface area contributed by atoms with Crippen molar-refractivity contribution < 1.29 is 23.8 Å². The van der Waals surface area contributed by atoms with Gasteiger partial charge in [0.25, 0.3) is 0 Å². The molecule has 0 fully saturated rings. The van der Waals surface area contributed by atoms with E-state index in [1.165, 1.54) is 7.11 Å². The predicted octanol–water partition coefficient (Wildman–Crippen LogP) is 3.36. The van der Waals surface area contributed by atoms with Crippen LogP contribution >= 0.6 is 0 Å². The minimum absolute atomic E-state index is 0.146. The van der Waals surface area contributed by atoms with Gasteiger partial charge in [0.2, 0.25) is 11.8 Å². The van der Waals surface area contributed by atoms with Crippen LogP contribution in [0.5, 0.6) is 5.88 Å². The van der Waals surface area contributed by atoms with Gasteiger partial charge in [0.05, 0.1) is 19.1 Å². The lowest BCUT2D eigenvalue weighted by molar-refractivity contribution is -0.116. The summed E-state index contributed by atoms with van der Waals surface area (Å²) < 4.78 is 16.9. The average Bonchev–Trinajstić information content (AvgIpc) is 3.09. The number of nitrogens with zero attached hydrogens (tertiary/aromatic N) is 3. The third-order valence-corrected chi connectivity index (χ3v) is 5.23. The highest BCUT2D eigenvalue weighted by molar-refractivity contribution is 5.93. The van der Waals surface area contributed by atoms with Crippen LogP contribution in [0.2, 0.25) is 0 Å². The first-order chi connectivity index (χ1) is 15.8. The number of carbonyl (C=O) groups excluding carboxylic acids is 2. The van der Waals surface area contributed by atoms with E-state index in [-0.39, 0.29) is 18.9 Å². The average molecular weight is 456 g/mol. The molecule has 0 aliphatic carbocycles. The highest BCUT2D eigenvalue weighted by Gasteiger charge is 2.18. The number of pyridine rings is 1. The van der Waals surface area contributed by atoms with Crippen molar-refractivity contribution in [3.63, 3.8) is 0 Å². The molecule has 0 spiro atoms. The van der Waals surface area contributed by atoms with Gasteiger partial charge in [-0.25, -0.2) is 14.5 Å². The minimum Gasteiger partial charge on any atom is -0.479 e. The largest absolute Gasteiger partial charge is 0.479 e. The summed E-state index contributed by atoms with van der Waals surface area (Å²) in [6, 6.07) is 6.87. The van der Waals surface area contributed by atoms with Gasteiger partial charge in [-0.3, -0.25) is 10.1 Å². The van der Waals surface area contributed by atoms with Crippen LogP contribution in [0.25, 0.3) is 11.0 Å². The number of amides is 2. The molecule has 0 saturated carbocycles. The van der Waals surface area contributed by atoms with E-state index in [0.29, 0.717) is 30.3 Å². The van der Waals surface area contributed by atoms with Crippen LogP contribution in [-0.2, 0) is 27.7 Å². The number of carbonyl (C=O) groups is 2. The molecule has 0 unspecified atom stereocenters. The second kappa shape index (κ2) is 10.8. The van der Waals surface area contributed by atoms with Crippen molar-refractivity contribution in [3.05, 3.63) is 41.1 Å². The van der Waals surface area contributed by atoms with Crippen LogP contribution in [0.15, 0.2) is 24.3 Å². The second-order valence-corrected chi connectivity index (χ2v) is 7.51. The molecule has 2 heterocycles. The standard InChI is InChI=1S/C23H29N5O5/c1-14-18(15(2)24-21-20(14)22(32-5)27-28(21)3)9-10-19(29)25-16-7-6-8-17(13-16)26-23(30)33-12-11-31-4/h6-8,13H,9-12H2,1-5H3,(H,25,29)(H,26,30). The number of ether oxygens (including phenoxy) is 3. The van der Waals surface area contributed by atoms with Gasteiger partial charge >= 0.3 is 6.09 Å². The quantitative estimate of drug-likeness (QED) is 0.475. The lowest BCUT2D eigenvalue weighted by atomic mass is 10.00. The fourth-order valence-electron chi connectivity index (χ4n) is 3.62. The maximum absolute atomic E-state index is 12.6. The monoisotopic (exact) mass is 455 g/mol. The van der Waals surface area contributed by atoms with Crippen molar-refractivity contribution in [3.8, 4) is 5.88 Å². The fraction of sp³-hybridized carbons (Fsp3) is 0.391. The number of aromatic nitrogens is 3. The molecule has 2 N–H and O–H groups in total. The van der Waals surface area contributed by atoms with Crippen molar-refractivity contribution in [2.75, 3.05) is 38.1 Å². The Morgan fingerprint density at radius 1 is 1.09 bits per heavy atom. The first kappa shape index (κ1) is 24.0. The number of fused-ring (bicyclic) bond motifs is 1. The molecule has 3 rings (SSSR count). The number of hydrogen-bond acceptors (Lipinski definition) is 7. The normalized spacial score (nSPS) is 10.8. The molecule has 0 radical (unpaired) electrons. The zero-order valence-electron chi connectivity index (χ0n) is 19.5. The van der Waals surface area contributed by atoms with Gasteiger partial charge in [0, 0.05) is 37.6 Å². The van der Waals surface area contributed by atoms with Crippen molar-refractivity contribution in [1.29, 1.82) is 0 Å². The zero-order chi connectivity index (χ0) is 24.0. The summed E-state index contributed by atoms with van der Waals surface area (Å²) in [5.41, 5.74) is 4.70. The number of aryl methyl sites for hydroxylation is 3. The fourth-order valence-corrected chi connectivity index (χ4v) is 3.62. The van der Waals surface area contributed by atoms with Crippen LogP contribution in [0.4, 0.5) is 16.2 Å². The van der Waals surface area contributed by atoms with Gasteiger partial charge in [-0.05, 0) is 49.6 Å². The molecule has 1 aromatic carbocycles. The molecule has 176 valence electrons. The summed E-state index contributed by atoms with van der Waals surface area (Å²) in [5, 5.41) is 10.7. The third kappa shape index (κ3) is 5.78. The van der Waals surface area contributed by atoms with E-state index in [1.807, 2.05) is 20.9 Å². The predicted molar refractivity (Wildman–Crippen MR) is 125 cm³/mol. The number of hydrogen-bond donors (Lipinski definition) is 2. The Kier molecular flexibility index (Phi) is 7.83. The molecule has 0 bridgehead atoms. The molecule has 33 heavy (non-hydrogen) atoms. The van der Waals surface area contributed by atoms with Crippen LogP contribution in [0.1, 0.15) is 23.2 Å². The molecular weight excluding hydrogens is 426 g/mol. The number of nitrogens with one attached hydrogen (secondary N) is 2. The van der Waals surface area contributed by atoms with E-state index in [0.717, 1.165) is 27.9 Å². The molecule has 3 aromatic rings. The smallest absolute Gasteiger partial charge is 0.411 e. The third-order valence-electron chi connectivity index (χ3n) is 5.23. The maximum Gasteiger partial charge on any atom is 0.411 e. The van der Waals surface area contributed by atoms with E-state index in [2.05, 4.69) is 20.7 Å². The van der Waals surface area contributed by atoms with Crippen molar-refractivity contribution in [2.45, 2.75) is 26.7 Å². The molecule has 0 aliphatic rings. The maximum atomic E-state index is 12.6. The molecule has 10 nitrogen and oxygen atoms in total. The van der Waals surface area contributed by atoms with E-state index in [9.17, 15) is 9.59 Å². The summed E-state index contributed by atoms with van der Waals surface area (Å²) in [5.74, 6) is 0.375. The summed E-state index contributed by atoms with van der Waals surface area (Å²) in [6.07, 6.45) is 0.206. The summed E-state index contributed by atoms with van der Waals surface area (Å²) >= 11 is 0. The molecule has 10 heteroatoms. The highest BCUT2D eigenvalue weighted by Crippen LogP contribution is 2.30. The Hall–Kier alpha value is -3.66. The minimum atomic E-state index is -0.588. The number of methoxy groups -OCH3 is 2. The molecule has 0 aliphatic heterocycles. The van der Waals surface area contributed by atoms with Gasteiger partial charge in [-0.1, -0.05) is 6.07 Å². The SMILES string of the molecule is COCCOC(=O)Nc1cccc(NC(=O)CCc2c(C)nc3c(c(OC)nn3C)c2C)c1. The lowest BCUT2D eigenvalue weighted by Crippen LogP contribution is -2.17. The number of rotatable bonds is 9. The Bertz CT molecular complexity index is 1160. The zero-order valence-corrected chi connectivity index (χ0v) is 19.5. The lowest BCUT2D eigenvalue weighted by Gasteiger charge is -2.12. The van der Waals surface area contributed by atoms with Gasteiger partial charge in [-0.15, -0.1) is 5.10 Å². The summed E-state index contributed by atoms with van der Waals surface area (Å²) in [6.45, 7) is 4.40. The van der Waals surface area contributed by atoms with E-state index in [4.69, 9.17) is 14.2 Å². The Balaban J connectivity index is 1.64. The first-order valence-electron chi connectivity index (χ1n) is 10.5. The molecule has 2 amide bonds. The van der Waals surface area contributed by atoms with Crippen molar-refractivity contribution in [1.82, 2.24) is 14.8 Å².